The number of carbonyl (C=O) groups excluding carboxylic acids is 2. The van der Waals surface area contributed by atoms with E-state index in [2.05, 4.69) is 5.32 Å². The minimum atomic E-state index is -0.538. The van der Waals surface area contributed by atoms with Crippen LogP contribution < -0.4 is 15.8 Å². The lowest BCUT2D eigenvalue weighted by atomic mass is 9.91. The molecular formula is C19H28ClN3O4. The fraction of sp³-hybridized carbons (Fsp3) is 0.579. The van der Waals surface area contributed by atoms with Crippen molar-refractivity contribution in [2.45, 2.75) is 31.3 Å². The molecule has 2 unspecified atom stereocenters. The first-order chi connectivity index (χ1) is 12.6. The van der Waals surface area contributed by atoms with Crippen LogP contribution in [0.4, 0.5) is 0 Å². The number of hydrogen-bond acceptors (Lipinski definition) is 5. The molecule has 2 fully saturated rings. The predicted molar refractivity (Wildman–Crippen MR) is 104 cm³/mol. The minimum Gasteiger partial charge on any atom is -0.492 e. The van der Waals surface area contributed by atoms with Crippen molar-refractivity contribution < 1.29 is 19.1 Å². The Morgan fingerprint density at radius 1 is 1.30 bits per heavy atom. The Morgan fingerprint density at radius 3 is 2.70 bits per heavy atom. The van der Waals surface area contributed by atoms with Gasteiger partial charge >= 0.3 is 0 Å². The Hall–Kier alpha value is -1.83. The summed E-state index contributed by atoms with van der Waals surface area (Å²) < 4.78 is 10.9. The van der Waals surface area contributed by atoms with Crippen molar-refractivity contribution in [2.24, 2.45) is 11.7 Å². The molecule has 2 atom stereocenters. The molecule has 0 bridgehead atoms. The number of likely N-dealkylation sites (tertiary alicyclic amines) is 1. The molecule has 2 aliphatic heterocycles. The molecule has 2 amide bonds. The van der Waals surface area contributed by atoms with Gasteiger partial charge in [0.05, 0.1) is 18.6 Å². The van der Waals surface area contributed by atoms with Crippen LogP contribution in [-0.4, -0.2) is 61.7 Å². The Kier molecular flexibility index (Phi) is 8.34. The van der Waals surface area contributed by atoms with Crippen LogP contribution in [0.5, 0.6) is 5.75 Å². The minimum absolute atomic E-state index is 0. The molecule has 3 rings (SSSR count). The summed E-state index contributed by atoms with van der Waals surface area (Å²) in [6.07, 6.45) is 1.93. The Labute approximate surface area is 166 Å². The summed E-state index contributed by atoms with van der Waals surface area (Å²) in [4.78, 5) is 26.3. The summed E-state index contributed by atoms with van der Waals surface area (Å²) in [7, 11) is 0. The second-order valence-corrected chi connectivity index (χ2v) is 6.89. The van der Waals surface area contributed by atoms with Gasteiger partial charge in [0.2, 0.25) is 11.8 Å². The molecular weight excluding hydrogens is 370 g/mol. The molecule has 8 heteroatoms. The van der Waals surface area contributed by atoms with Gasteiger partial charge in [0.15, 0.2) is 0 Å². The van der Waals surface area contributed by atoms with Crippen molar-refractivity contribution >= 4 is 24.2 Å². The average Bonchev–Trinajstić information content (AvgIpc) is 3.02. The van der Waals surface area contributed by atoms with Crippen LogP contribution in [-0.2, 0) is 14.3 Å². The van der Waals surface area contributed by atoms with E-state index in [9.17, 15) is 9.59 Å². The van der Waals surface area contributed by atoms with Crippen LogP contribution in [0.2, 0.25) is 0 Å². The maximum Gasteiger partial charge on any atom is 0.237 e. The van der Waals surface area contributed by atoms with Gasteiger partial charge in [0, 0.05) is 26.2 Å². The van der Waals surface area contributed by atoms with Gasteiger partial charge in [-0.15, -0.1) is 12.4 Å². The van der Waals surface area contributed by atoms with Crippen molar-refractivity contribution in [3.8, 4) is 5.75 Å². The number of hydrogen-bond donors (Lipinski definition) is 2. The van der Waals surface area contributed by atoms with Crippen LogP contribution in [0.25, 0.3) is 0 Å². The van der Waals surface area contributed by atoms with E-state index in [1.807, 2.05) is 30.3 Å². The molecule has 2 aliphatic rings. The average molecular weight is 398 g/mol. The number of carbonyl (C=O) groups is 2. The molecule has 2 heterocycles. The quantitative estimate of drug-likeness (QED) is 0.714. The van der Waals surface area contributed by atoms with Gasteiger partial charge in [-0.25, -0.2) is 0 Å². The fourth-order valence-corrected chi connectivity index (χ4v) is 3.46. The van der Waals surface area contributed by atoms with Gasteiger partial charge in [-0.2, -0.15) is 0 Å². The first-order valence-corrected chi connectivity index (χ1v) is 9.23. The normalized spacial score (nSPS) is 21.4. The molecule has 27 heavy (non-hydrogen) atoms. The molecule has 1 aromatic rings. The number of ether oxygens (including phenoxy) is 2. The zero-order chi connectivity index (χ0) is 18.4. The topological polar surface area (TPSA) is 93.9 Å². The monoisotopic (exact) mass is 397 g/mol. The van der Waals surface area contributed by atoms with Crippen LogP contribution in [0.1, 0.15) is 19.3 Å². The van der Waals surface area contributed by atoms with Crippen molar-refractivity contribution in [3.05, 3.63) is 30.3 Å². The maximum absolute atomic E-state index is 12.4. The number of nitrogens with zero attached hydrogens (tertiary/aromatic N) is 1. The molecule has 0 aliphatic carbocycles. The Balaban J connectivity index is 0.00000261. The third-order valence-electron chi connectivity index (χ3n) is 5.01. The number of nitrogens with one attached hydrogen (secondary N) is 1. The van der Waals surface area contributed by atoms with Crippen molar-refractivity contribution in [2.75, 3.05) is 32.9 Å². The second-order valence-electron chi connectivity index (χ2n) is 6.89. The first-order valence-electron chi connectivity index (χ1n) is 9.23. The molecule has 0 spiro atoms. The molecule has 1 aromatic carbocycles. The Bertz CT molecular complexity index is 610. The first kappa shape index (κ1) is 21.5. The number of benzene rings is 1. The van der Waals surface area contributed by atoms with Crippen molar-refractivity contribution in [3.63, 3.8) is 0 Å². The zero-order valence-electron chi connectivity index (χ0n) is 15.3. The number of nitrogens with two attached hydrogens (primary N) is 1. The molecule has 0 saturated carbocycles. The van der Waals surface area contributed by atoms with Gasteiger partial charge < -0.3 is 25.4 Å². The standard InChI is InChI=1S/C19H27N3O4.ClH/c20-18(14-6-9-25-10-7-14)19(24)21-15-12-17(23)22(13-15)8-11-26-16-4-2-1-3-5-16;/h1-5,14-15,18H,6-13,20H2,(H,21,24);1H. The third-order valence-corrected chi connectivity index (χ3v) is 5.01. The van der Waals surface area contributed by atoms with E-state index in [1.54, 1.807) is 4.90 Å². The van der Waals surface area contributed by atoms with Gasteiger partial charge in [0.1, 0.15) is 12.4 Å². The summed E-state index contributed by atoms with van der Waals surface area (Å²) >= 11 is 0. The van der Waals surface area contributed by atoms with Crippen LogP contribution >= 0.6 is 12.4 Å². The second kappa shape index (κ2) is 10.5. The van der Waals surface area contributed by atoms with Gasteiger partial charge in [0.25, 0.3) is 0 Å². The molecule has 0 aromatic heterocycles. The molecule has 3 N–H and O–H groups in total. The lowest BCUT2D eigenvalue weighted by molar-refractivity contribution is -0.128. The van der Waals surface area contributed by atoms with Gasteiger partial charge in [-0.1, -0.05) is 18.2 Å². The van der Waals surface area contributed by atoms with E-state index >= 15 is 0 Å². The van der Waals surface area contributed by atoms with E-state index in [1.165, 1.54) is 0 Å². The Morgan fingerprint density at radius 2 is 2.00 bits per heavy atom. The molecule has 7 nitrogen and oxygen atoms in total. The summed E-state index contributed by atoms with van der Waals surface area (Å²) in [5, 5.41) is 2.94. The van der Waals surface area contributed by atoms with Gasteiger partial charge in [-0.3, -0.25) is 9.59 Å². The lowest BCUT2D eigenvalue weighted by Crippen LogP contribution is -2.50. The summed E-state index contributed by atoms with van der Waals surface area (Å²) in [6.45, 7) is 2.75. The van der Waals surface area contributed by atoms with E-state index in [0.29, 0.717) is 39.3 Å². The summed E-state index contributed by atoms with van der Waals surface area (Å²) in [6, 6.07) is 8.78. The lowest BCUT2D eigenvalue weighted by Gasteiger charge is -2.27. The van der Waals surface area contributed by atoms with Crippen molar-refractivity contribution in [1.82, 2.24) is 10.2 Å². The predicted octanol–water partition coefficient (Wildman–Crippen LogP) is 0.958. The van der Waals surface area contributed by atoms with E-state index in [0.717, 1.165) is 18.6 Å². The maximum atomic E-state index is 12.4. The number of halogens is 1. The number of para-hydroxylation sites is 1. The largest absolute Gasteiger partial charge is 0.492 e. The van der Waals surface area contributed by atoms with Crippen LogP contribution in [0, 0.1) is 5.92 Å². The smallest absolute Gasteiger partial charge is 0.237 e. The molecule has 0 radical (unpaired) electrons. The highest BCUT2D eigenvalue weighted by molar-refractivity contribution is 5.85. The SMILES string of the molecule is Cl.NC(C(=O)NC1CC(=O)N(CCOc2ccccc2)C1)C1CCOCC1. The summed E-state index contributed by atoms with van der Waals surface area (Å²) in [5.41, 5.74) is 6.10. The van der Waals surface area contributed by atoms with E-state index < -0.39 is 6.04 Å². The van der Waals surface area contributed by atoms with Gasteiger partial charge in [-0.05, 0) is 30.9 Å². The van der Waals surface area contributed by atoms with Crippen LogP contribution in [0.15, 0.2) is 30.3 Å². The van der Waals surface area contributed by atoms with E-state index in [4.69, 9.17) is 15.2 Å². The zero-order valence-corrected chi connectivity index (χ0v) is 16.2. The third kappa shape index (κ3) is 6.09. The highest BCUT2D eigenvalue weighted by atomic mass is 35.5. The highest BCUT2D eigenvalue weighted by Gasteiger charge is 2.33. The highest BCUT2D eigenvalue weighted by Crippen LogP contribution is 2.18. The molecule has 2 saturated heterocycles. The van der Waals surface area contributed by atoms with Crippen molar-refractivity contribution in [1.29, 1.82) is 0 Å². The fourth-order valence-electron chi connectivity index (χ4n) is 3.46. The molecule has 150 valence electrons. The van der Waals surface area contributed by atoms with E-state index in [-0.39, 0.29) is 36.2 Å². The summed E-state index contributed by atoms with van der Waals surface area (Å²) in [5.74, 6) is 0.798. The van der Waals surface area contributed by atoms with Crippen LogP contribution in [0.3, 0.4) is 0 Å². The number of amides is 2. The number of rotatable bonds is 7.